The number of hydrogen-bond donors (Lipinski definition) is 0. The van der Waals surface area contributed by atoms with Gasteiger partial charge in [0.15, 0.2) is 0 Å². The van der Waals surface area contributed by atoms with E-state index in [-0.39, 0.29) is 4.66 Å². The summed E-state index contributed by atoms with van der Waals surface area (Å²) in [7, 11) is -1.39. The molecule has 0 aliphatic heterocycles. The third-order valence-corrected chi connectivity index (χ3v) is 5.49. The summed E-state index contributed by atoms with van der Waals surface area (Å²) < 4.78 is 24.0. The van der Waals surface area contributed by atoms with Crippen LogP contribution in [-0.4, -0.2) is 31.0 Å². The van der Waals surface area contributed by atoms with Gasteiger partial charge >= 0.3 is 0 Å². The Kier molecular flexibility index (Phi) is 3.17. The van der Waals surface area contributed by atoms with Gasteiger partial charge in [0.25, 0.3) is 0 Å². The lowest BCUT2D eigenvalue weighted by atomic mass is 10.3. The lowest BCUT2D eigenvalue weighted by molar-refractivity contribution is 0.448. The molecule has 0 aromatic carbocycles. The summed E-state index contributed by atoms with van der Waals surface area (Å²) in [5.74, 6) is 1.29. The van der Waals surface area contributed by atoms with Crippen LogP contribution in [0.25, 0.3) is 0 Å². The van der Waals surface area contributed by atoms with Crippen molar-refractivity contribution in [3.8, 4) is 0 Å². The Morgan fingerprint density at radius 3 is 2.42 bits per heavy atom. The van der Waals surface area contributed by atoms with Crippen molar-refractivity contribution in [2.45, 2.75) is 13.3 Å². The highest BCUT2D eigenvalue weighted by atomic mass is 79.9. The summed E-state index contributed by atoms with van der Waals surface area (Å²) in [6.45, 7) is 2.83. The van der Waals surface area contributed by atoms with Crippen LogP contribution in [0.15, 0.2) is 0 Å². The van der Waals surface area contributed by atoms with Crippen LogP contribution in [0, 0.1) is 11.8 Å². The molecule has 0 N–H and O–H groups in total. The molecule has 72 valence electrons. The first-order valence-corrected chi connectivity index (χ1v) is 6.70. The second kappa shape index (κ2) is 3.64. The van der Waals surface area contributed by atoms with Crippen molar-refractivity contribution in [2.75, 3.05) is 18.3 Å². The highest BCUT2D eigenvalue weighted by Gasteiger charge is 2.35. The second-order valence-electron chi connectivity index (χ2n) is 3.47. The van der Waals surface area contributed by atoms with Gasteiger partial charge in [-0.1, -0.05) is 22.9 Å². The molecule has 0 aromatic rings. The van der Waals surface area contributed by atoms with Crippen molar-refractivity contribution in [1.82, 2.24) is 4.31 Å². The van der Waals surface area contributed by atoms with Crippen LogP contribution < -0.4 is 0 Å². The number of nitrogens with zero attached hydrogens (tertiary/aromatic N) is 1. The van der Waals surface area contributed by atoms with Gasteiger partial charge in [-0.25, -0.2) is 12.7 Å². The summed E-state index contributed by atoms with van der Waals surface area (Å²) in [5, 5.41) is 0. The summed E-state index contributed by atoms with van der Waals surface area (Å²) in [6.07, 6.45) is 1.17. The molecule has 0 amide bonds. The van der Waals surface area contributed by atoms with Crippen LogP contribution in [0.2, 0.25) is 0 Å². The third-order valence-electron chi connectivity index (χ3n) is 2.38. The lowest BCUT2D eigenvalue weighted by Crippen LogP contribution is -2.29. The van der Waals surface area contributed by atoms with Crippen LogP contribution >= 0.6 is 15.9 Å². The average molecular weight is 256 g/mol. The highest BCUT2D eigenvalue weighted by Crippen LogP contribution is 2.38. The van der Waals surface area contributed by atoms with E-state index in [2.05, 4.69) is 22.9 Å². The van der Waals surface area contributed by atoms with Crippen molar-refractivity contribution in [3.63, 3.8) is 0 Å². The van der Waals surface area contributed by atoms with Crippen molar-refractivity contribution < 1.29 is 8.42 Å². The van der Waals surface area contributed by atoms with Crippen molar-refractivity contribution in [3.05, 3.63) is 0 Å². The molecule has 0 spiro atoms. The minimum absolute atomic E-state index is 0.0254. The topological polar surface area (TPSA) is 37.4 Å². The maximum atomic E-state index is 11.2. The zero-order valence-corrected chi connectivity index (χ0v) is 9.73. The standard InChI is InChI=1S/C7H14BrNO2S/c1-6-3-7(6)4-9(2)12(10,11)5-8/h6-7H,3-5H2,1-2H3. The van der Waals surface area contributed by atoms with Gasteiger partial charge in [-0.05, 0) is 18.3 Å². The highest BCUT2D eigenvalue weighted by molar-refractivity contribution is 9.10. The predicted molar refractivity (Wildman–Crippen MR) is 52.6 cm³/mol. The molecule has 0 bridgehead atoms. The largest absolute Gasteiger partial charge is 0.223 e. The zero-order chi connectivity index (χ0) is 9.35. The maximum Gasteiger partial charge on any atom is 0.223 e. The quantitative estimate of drug-likeness (QED) is 0.710. The van der Waals surface area contributed by atoms with Crippen LogP contribution in [0.3, 0.4) is 0 Å². The summed E-state index contributed by atoms with van der Waals surface area (Å²) >= 11 is 2.97. The second-order valence-corrected chi connectivity index (χ2v) is 6.85. The molecule has 1 saturated carbocycles. The normalized spacial score (nSPS) is 29.3. The molecule has 12 heavy (non-hydrogen) atoms. The van der Waals surface area contributed by atoms with Crippen molar-refractivity contribution in [1.29, 1.82) is 0 Å². The Balaban J connectivity index is 2.43. The first-order chi connectivity index (χ1) is 5.47. The van der Waals surface area contributed by atoms with E-state index in [0.29, 0.717) is 18.4 Å². The number of hydrogen-bond acceptors (Lipinski definition) is 2. The SMILES string of the molecule is CC1CC1CN(C)S(=O)(=O)CBr. The van der Waals surface area contributed by atoms with Crippen LogP contribution in [0.1, 0.15) is 13.3 Å². The Morgan fingerprint density at radius 1 is 1.58 bits per heavy atom. The number of alkyl halides is 1. The van der Waals surface area contributed by atoms with Gasteiger partial charge in [-0.3, -0.25) is 0 Å². The van der Waals surface area contributed by atoms with E-state index >= 15 is 0 Å². The van der Waals surface area contributed by atoms with Gasteiger partial charge in [0, 0.05) is 13.6 Å². The van der Waals surface area contributed by atoms with E-state index in [1.54, 1.807) is 7.05 Å². The average Bonchev–Trinajstić information content (AvgIpc) is 2.66. The van der Waals surface area contributed by atoms with Crippen LogP contribution in [0.4, 0.5) is 0 Å². The summed E-state index contributed by atoms with van der Waals surface area (Å²) in [6, 6.07) is 0. The lowest BCUT2D eigenvalue weighted by Gasteiger charge is -2.14. The zero-order valence-electron chi connectivity index (χ0n) is 7.33. The third kappa shape index (κ3) is 2.44. The molecule has 1 aliphatic carbocycles. The minimum atomic E-state index is -3.03. The Morgan fingerprint density at radius 2 is 2.08 bits per heavy atom. The summed E-state index contributed by atoms with van der Waals surface area (Å²) in [4.78, 5) is 0. The molecular formula is C7H14BrNO2S. The van der Waals surface area contributed by atoms with Crippen LogP contribution in [-0.2, 0) is 10.0 Å². The number of rotatable bonds is 4. The molecule has 1 aliphatic rings. The maximum absolute atomic E-state index is 11.2. The first kappa shape index (κ1) is 10.5. The van der Waals surface area contributed by atoms with E-state index in [0.717, 1.165) is 0 Å². The minimum Gasteiger partial charge on any atom is -0.211 e. The van der Waals surface area contributed by atoms with E-state index in [1.165, 1.54) is 10.7 Å². The number of halogens is 1. The van der Waals surface area contributed by atoms with E-state index in [1.807, 2.05) is 0 Å². The number of sulfonamides is 1. The molecule has 3 nitrogen and oxygen atoms in total. The first-order valence-electron chi connectivity index (χ1n) is 3.97. The van der Waals surface area contributed by atoms with Gasteiger partial charge < -0.3 is 0 Å². The molecule has 0 radical (unpaired) electrons. The fraction of sp³-hybridized carbons (Fsp3) is 1.00. The molecule has 1 rings (SSSR count). The van der Waals surface area contributed by atoms with Crippen molar-refractivity contribution in [2.24, 2.45) is 11.8 Å². The van der Waals surface area contributed by atoms with Gasteiger partial charge in [0.05, 0.1) is 0 Å². The molecule has 0 aromatic heterocycles. The molecule has 1 fully saturated rings. The van der Waals surface area contributed by atoms with E-state index < -0.39 is 10.0 Å². The summed E-state index contributed by atoms with van der Waals surface area (Å²) in [5.41, 5.74) is 0. The molecule has 2 atom stereocenters. The molecular weight excluding hydrogens is 242 g/mol. The fourth-order valence-corrected chi connectivity index (χ4v) is 2.81. The molecule has 0 heterocycles. The van der Waals surface area contributed by atoms with E-state index in [9.17, 15) is 8.42 Å². The van der Waals surface area contributed by atoms with E-state index in [4.69, 9.17) is 0 Å². The van der Waals surface area contributed by atoms with Gasteiger partial charge in [-0.15, -0.1) is 0 Å². The van der Waals surface area contributed by atoms with Gasteiger partial charge in [0.1, 0.15) is 4.66 Å². The van der Waals surface area contributed by atoms with Crippen molar-refractivity contribution >= 4 is 26.0 Å². The predicted octanol–water partition coefficient (Wildman–Crippen LogP) is 1.26. The van der Waals surface area contributed by atoms with Crippen LogP contribution in [0.5, 0.6) is 0 Å². The Bertz CT molecular complexity index is 252. The molecule has 0 saturated heterocycles. The Labute approximate surface area is 82.3 Å². The van der Waals surface area contributed by atoms with Gasteiger partial charge in [-0.2, -0.15) is 0 Å². The molecule has 5 heteroatoms. The Hall–Kier alpha value is 0.390. The molecule has 2 unspecified atom stereocenters. The smallest absolute Gasteiger partial charge is 0.211 e. The van der Waals surface area contributed by atoms with Gasteiger partial charge in [0.2, 0.25) is 10.0 Å². The fourth-order valence-electron chi connectivity index (χ4n) is 1.18. The monoisotopic (exact) mass is 255 g/mol.